The van der Waals surface area contributed by atoms with Crippen molar-refractivity contribution in [3.63, 3.8) is 0 Å². The minimum Gasteiger partial charge on any atom is -0.298 e. The Labute approximate surface area is 78.2 Å². The topological polar surface area (TPSA) is 16.1 Å². The van der Waals surface area contributed by atoms with E-state index in [2.05, 4.69) is 36.2 Å². The van der Waals surface area contributed by atoms with Crippen LogP contribution in [0.1, 0.15) is 24.5 Å². The standard InChI is InChI=1S/C9H16N2S/c1-7(2)11(4)5-9-6-12-8(3)10-9/h6-7H,5H2,1-4H3. The number of thiazole rings is 1. The van der Waals surface area contributed by atoms with Gasteiger partial charge in [-0.3, -0.25) is 4.90 Å². The van der Waals surface area contributed by atoms with E-state index in [1.807, 2.05) is 6.92 Å². The Hall–Kier alpha value is -0.410. The van der Waals surface area contributed by atoms with Crippen molar-refractivity contribution in [1.82, 2.24) is 9.88 Å². The summed E-state index contributed by atoms with van der Waals surface area (Å²) < 4.78 is 0. The van der Waals surface area contributed by atoms with Crippen molar-refractivity contribution in [2.24, 2.45) is 0 Å². The van der Waals surface area contributed by atoms with E-state index >= 15 is 0 Å². The SMILES string of the molecule is Cc1nc(CN(C)C(C)C)cs1. The Morgan fingerprint density at radius 3 is 2.67 bits per heavy atom. The zero-order valence-corrected chi connectivity index (χ0v) is 8.98. The summed E-state index contributed by atoms with van der Waals surface area (Å²) in [5, 5.41) is 3.29. The van der Waals surface area contributed by atoms with E-state index in [0.29, 0.717) is 6.04 Å². The van der Waals surface area contributed by atoms with Crippen LogP contribution >= 0.6 is 11.3 Å². The Kier molecular flexibility index (Phi) is 3.23. The van der Waals surface area contributed by atoms with Crippen LogP contribution in [0.3, 0.4) is 0 Å². The van der Waals surface area contributed by atoms with Gasteiger partial charge in [-0.25, -0.2) is 4.98 Å². The van der Waals surface area contributed by atoms with Crippen LogP contribution in [0.2, 0.25) is 0 Å². The molecular formula is C9H16N2S. The van der Waals surface area contributed by atoms with Crippen molar-refractivity contribution < 1.29 is 0 Å². The molecule has 0 N–H and O–H groups in total. The van der Waals surface area contributed by atoms with Gasteiger partial charge in [0.15, 0.2) is 0 Å². The van der Waals surface area contributed by atoms with Crippen molar-refractivity contribution >= 4 is 11.3 Å². The summed E-state index contributed by atoms with van der Waals surface area (Å²) in [5.41, 5.74) is 1.19. The van der Waals surface area contributed by atoms with Gasteiger partial charge in [-0.15, -0.1) is 11.3 Å². The van der Waals surface area contributed by atoms with Gasteiger partial charge in [0.25, 0.3) is 0 Å². The van der Waals surface area contributed by atoms with E-state index < -0.39 is 0 Å². The van der Waals surface area contributed by atoms with E-state index in [0.717, 1.165) is 11.6 Å². The van der Waals surface area contributed by atoms with E-state index in [4.69, 9.17) is 0 Å². The lowest BCUT2D eigenvalue weighted by Crippen LogP contribution is -2.25. The first-order chi connectivity index (χ1) is 5.59. The third-order valence-corrected chi connectivity index (χ3v) is 2.78. The maximum Gasteiger partial charge on any atom is 0.0897 e. The highest BCUT2D eigenvalue weighted by Gasteiger charge is 2.05. The lowest BCUT2D eigenvalue weighted by Gasteiger charge is -2.19. The maximum absolute atomic E-state index is 4.41. The summed E-state index contributed by atoms with van der Waals surface area (Å²) in [6.45, 7) is 7.39. The fourth-order valence-corrected chi connectivity index (χ4v) is 1.52. The van der Waals surface area contributed by atoms with Crippen LogP contribution in [0, 0.1) is 6.92 Å². The van der Waals surface area contributed by atoms with Gasteiger partial charge >= 0.3 is 0 Å². The number of hydrogen-bond donors (Lipinski definition) is 0. The second-order valence-electron chi connectivity index (χ2n) is 3.37. The molecule has 1 aromatic rings. The summed E-state index contributed by atoms with van der Waals surface area (Å²) in [7, 11) is 2.12. The minimum atomic E-state index is 0.590. The summed E-state index contributed by atoms with van der Waals surface area (Å²) in [6, 6.07) is 0.590. The molecule has 0 aliphatic heterocycles. The first kappa shape index (κ1) is 9.68. The molecule has 1 rings (SSSR count). The van der Waals surface area contributed by atoms with E-state index in [1.54, 1.807) is 11.3 Å². The van der Waals surface area contributed by atoms with Crippen LogP contribution in [0.5, 0.6) is 0 Å². The Bertz CT molecular complexity index is 242. The zero-order chi connectivity index (χ0) is 9.14. The lowest BCUT2D eigenvalue weighted by molar-refractivity contribution is 0.263. The van der Waals surface area contributed by atoms with Crippen molar-refractivity contribution in [3.05, 3.63) is 16.1 Å². The average Bonchev–Trinajstić information content (AvgIpc) is 2.35. The van der Waals surface area contributed by atoms with Crippen molar-refractivity contribution in [2.45, 2.75) is 33.4 Å². The van der Waals surface area contributed by atoms with Gasteiger partial charge in [0.1, 0.15) is 0 Å². The third-order valence-electron chi connectivity index (χ3n) is 1.96. The highest BCUT2D eigenvalue weighted by Crippen LogP contribution is 2.10. The minimum absolute atomic E-state index is 0.590. The maximum atomic E-state index is 4.41. The molecule has 0 atom stereocenters. The number of aromatic nitrogens is 1. The van der Waals surface area contributed by atoms with Crippen molar-refractivity contribution in [3.8, 4) is 0 Å². The lowest BCUT2D eigenvalue weighted by atomic mass is 10.3. The van der Waals surface area contributed by atoms with Crippen LogP contribution in [0.25, 0.3) is 0 Å². The predicted molar refractivity (Wildman–Crippen MR) is 53.5 cm³/mol. The van der Waals surface area contributed by atoms with Crippen LogP contribution in [-0.2, 0) is 6.54 Å². The highest BCUT2D eigenvalue weighted by molar-refractivity contribution is 7.09. The smallest absolute Gasteiger partial charge is 0.0897 e. The number of rotatable bonds is 3. The summed E-state index contributed by atoms with van der Waals surface area (Å²) in [5.74, 6) is 0. The van der Waals surface area contributed by atoms with Crippen molar-refractivity contribution in [2.75, 3.05) is 7.05 Å². The molecule has 68 valence electrons. The first-order valence-corrected chi connectivity index (χ1v) is 5.09. The molecule has 0 unspecified atom stereocenters. The Balaban J connectivity index is 2.52. The molecule has 1 heterocycles. The molecule has 2 nitrogen and oxygen atoms in total. The third kappa shape index (κ3) is 2.57. The van der Waals surface area contributed by atoms with Crippen LogP contribution in [0.4, 0.5) is 0 Å². The van der Waals surface area contributed by atoms with Gasteiger partial charge < -0.3 is 0 Å². The first-order valence-electron chi connectivity index (χ1n) is 4.21. The largest absolute Gasteiger partial charge is 0.298 e. The molecule has 0 aliphatic rings. The van der Waals surface area contributed by atoms with Gasteiger partial charge in [0.2, 0.25) is 0 Å². The quantitative estimate of drug-likeness (QED) is 0.716. The molecule has 0 fully saturated rings. The fraction of sp³-hybridized carbons (Fsp3) is 0.667. The molecule has 0 aliphatic carbocycles. The number of nitrogens with zero attached hydrogens (tertiary/aromatic N) is 2. The normalized spacial score (nSPS) is 11.5. The second-order valence-corrected chi connectivity index (χ2v) is 4.43. The molecule has 0 aromatic carbocycles. The van der Waals surface area contributed by atoms with Gasteiger partial charge in [0.05, 0.1) is 10.7 Å². The molecule has 0 amide bonds. The van der Waals surface area contributed by atoms with Gasteiger partial charge in [-0.05, 0) is 27.8 Å². The molecule has 0 bridgehead atoms. The molecule has 1 aromatic heterocycles. The number of aryl methyl sites for hydroxylation is 1. The van der Waals surface area contributed by atoms with E-state index in [9.17, 15) is 0 Å². The van der Waals surface area contributed by atoms with Gasteiger partial charge in [-0.2, -0.15) is 0 Å². The summed E-state index contributed by atoms with van der Waals surface area (Å²) >= 11 is 1.72. The Morgan fingerprint density at radius 2 is 2.25 bits per heavy atom. The fourth-order valence-electron chi connectivity index (χ4n) is 0.919. The van der Waals surface area contributed by atoms with E-state index in [1.165, 1.54) is 5.69 Å². The monoisotopic (exact) mass is 184 g/mol. The van der Waals surface area contributed by atoms with Crippen LogP contribution < -0.4 is 0 Å². The molecule has 3 heteroatoms. The molecule has 0 saturated carbocycles. The van der Waals surface area contributed by atoms with Crippen LogP contribution in [-0.4, -0.2) is 23.0 Å². The van der Waals surface area contributed by atoms with Gasteiger partial charge in [-0.1, -0.05) is 0 Å². The average molecular weight is 184 g/mol. The molecular weight excluding hydrogens is 168 g/mol. The summed E-state index contributed by atoms with van der Waals surface area (Å²) in [6.07, 6.45) is 0. The van der Waals surface area contributed by atoms with Crippen molar-refractivity contribution in [1.29, 1.82) is 0 Å². The Morgan fingerprint density at radius 1 is 1.58 bits per heavy atom. The summed E-state index contributed by atoms with van der Waals surface area (Å²) in [4.78, 5) is 6.70. The molecule has 12 heavy (non-hydrogen) atoms. The van der Waals surface area contributed by atoms with Gasteiger partial charge in [0, 0.05) is 18.0 Å². The predicted octanol–water partition coefficient (Wildman–Crippen LogP) is 2.29. The van der Waals surface area contributed by atoms with E-state index in [-0.39, 0.29) is 0 Å². The molecule has 0 spiro atoms. The molecule has 0 saturated heterocycles. The zero-order valence-electron chi connectivity index (χ0n) is 8.16. The van der Waals surface area contributed by atoms with Crippen LogP contribution in [0.15, 0.2) is 5.38 Å². The molecule has 0 radical (unpaired) electrons. The highest BCUT2D eigenvalue weighted by atomic mass is 32.1. The second kappa shape index (κ2) is 4.01. The number of hydrogen-bond acceptors (Lipinski definition) is 3.